The predicted octanol–water partition coefficient (Wildman–Crippen LogP) is 2.74. The summed E-state index contributed by atoms with van der Waals surface area (Å²) in [6.07, 6.45) is 5.34. The van der Waals surface area contributed by atoms with Gasteiger partial charge in [-0.25, -0.2) is 14.5 Å². The van der Waals surface area contributed by atoms with Crippen molar-refractivity contribution < 1.29 is 4.79 Å². The number of anilines is 2. The molecule has 0 aliphatic heterocycles. The van der Waals surface area contributed by atoms with E-state index < -0.39 is 0 Å². The molecule has 0 aliphatic rings. The molecule has 8 heteroatoms. The van der Waals surface area contributed by atoms with Crippen molar-refractivity contribution in [3.63, 3.8) is 0 Å². The first-order valence-corrected chi connectivity index (χ1v) is 8.45. The van der Waals surface area contributed by atoms with Crippen LogP contribution in [0.15, 0.2) is 48.9 Å². The van der Waals surface area contributed by atoms with Crippen molar-refractivity contribution in [3.8, 4) is 0 Å². The standard InChI is InChI=1S/C18H21N7O/c1-3-4-14-5-7-16(8-6-14)21-18(26)24(2)17-11-15(9-10-19-17)12-25-13-20-22-23-25/h5-11,13H,3-4,12H2,1-2H3,(H,21,26). The molecule has 2 amide bonds. The molecule has 8 nitrogen and oxygen atoms in total. The maximum absolute atomic E-state index is 12.5. The van der Waals surface area contributed by atoms with Gasteiger partial charge in [-0.1, -0.05) is 25.5 Å². The number of amides is 2. The largest absolute Gasteiger partial charge is 0.327 e. The molecule has 134 valence electrons. The van der Waals surface area contributed by atoms with Gasteiger partial charge in [0, 0.05) is 18.9 Å². The van der Waals surface area contributed by atoms with Crippen molar-refractivity contribution in [2.24, 2.45) is 0 Å². The summed E-state index contributed by atoms with van der Waals surface area (Å²) in [4.78, 5) is 18.2. The Hall–Kier alpha value is -3.29. The summed E-state index contributed by atoms with van der Waals surface area (Å²) in [6.45, 7) is 2.65. The van der Waals surface area contributed by atoms with E-state index in [2.05, 4.69) is 32.7 Å². The van der Waals surface area contributed by atoms with Gasteiger partial charge in [0.05, 0.1) is 6.54 Å². The molecule has 0 spiro atoms. The zero-order valence-electron chi connectivity index (χ0n) is 14.8. The number of nitrogens with zero attached hydrogens (tertiary/aromatic N) is 6. The normalized spacial score (nSPS) is 10.5. The summed E-state index contributed by atoms with van der Waals surface area (Å²) in [7, 11) is 1.68. The first kappa shape index (κ1) is 17.5. The Labute approximate surface area is 151 Å². The van der Waals surface area contributed by atoms with Crippen LogP contribution in [0, 0.1) is 0 Å². The van der Waals surface area contributed by atoms with Gasteiger partial charge in [-0.05, 0) is 52.2 Å². The highest BCUT2D eigenvalue weighted by atomic mass is 16.2. The van der Waals surface area contributed by atoms with Crippen LogP contribution in [0.1, 0.15) is 24.5 Å². The zero-order valence-corrected chi connectivity index (χ0v) is 14.8. The fraction of sp³-hybridized carbons (Fsp3) is 0.278. The summed E-state index contributed by atoms with van der Waals surface area (Å²) in [5.41, 5.74) is 2.97. The van der Waals surface area contributed by atoms with Crippen LogP contribution in [0.2, 0.25) is 0 Å². The van der Waals surface area contributed by atoms with Crippen molar-refractivity contribution in [1.29, 1.82) is 0 Å². The summed E-state index contributed by atoms with van der Waals surface area (Å²) >= 11 is 0. The summed E-state index contributed by atoms with van der Waals surface area (Å²) in [5, 5.41) is 13.9. The number of benzene rings is 1. The Morgan fingerprint density at radius 1 is 1.19 bits per heavy atom. The molecule has 0 aliphatic carbocycles. The van der Waals surface area contributed by atoms with E-state index in [4.69, 9.17) is 0 Å². The Morgan fingerprint density at radius 2 is 2.00 bits per heavy atom. The quantitative estimate of drug-likeness (QED) is 0.737. The highest BCUT2D eigenvalue weighted by molar-refractivity contribution is 6.00. The van der Waals surface area contributed by atoms with Gasteiger partial charge >= 0.3 is 6.03 Å². The van der Waals surface area contributed by atoms with Gasteiger partial charge in [-0.15, -0.1) is 5.10 Å². The van der Waals surface area contributed by atoms with Crippen molar-refractivity contribution in [3.05, 3.63) is 60.0 Å². The molecule has 0 unspecified atom stereocenters. The second-order valence-corrected chi connectivity index (χ2v) is 5.97. The second-order valence-electron chi connectivity index (χ2n) is 5.97. The third-order valence-corrected chi connectivity index (χ3v) is 3.94. The minimum Gasteiger partial charge on any atom is -0.308 e. The molecular weight excluding hydrogens is 330 g/mol. The topological polar surface area (TPSA) is 88.8 Å². The maximum atomic E-state index is 12.5. The van der Waals surface area contributed by atoms with Crippen molar-refractivity contribution in [2.45, 2.75) is 26.3 Å². The Morgan fingerprint density at radius 3 is 2.69 bits per heavy atom. The predicted molar refractivity (Wildman–Crippen MR) is 99.0 cm³/mol. The number of carbonyl (C=O) groups excluding carboxylic acids is 1. The number of aromatic nitrogens is 5. The van der Waals surface area contributed by atoms with Crippen molar-refractivity contribution in [1.82, 2.24) is 25.2 Å². The number of nitrogens with one attached hydrogen (secondary N) is 1. The average Bonchev–Trinajstić information content (AvgIpc) is 3.16. The molecular formula is C18H21N7O. The molecule has 2 heterocycles. The van der Waals surface area contributed by atoms with Crippen LogP contribution in [0.25, 0.3) is 0 Å². The summed E-state index contributed by atoms with van der Waals surface area (Å²) in [6, 6.07) is 11.3. The van der Waals surface area contributed by atoms with E-state index in [0.717, 1.165) is 24.1 Å². The molecule has 0 bridgehead atoms. The lowest BCUT2D eigenvalue weighted by atomic mass is 10.1. The Bertz CT molecular complexity index is 846. The lowest BCUT2D eigenvalue weighted by molar-refractivity contribution is 0.258. The van der Waals surface area contributed by atoms with E-state index in [0.29, 0.717) is 12.4 Å². The van der Waals surface area contributed by atoms with Gasteiger partial charge in [0.15, 0.2) is 0 Å². The Balaban J connectivity index is 1.66. The number of tetrazole rings is 1. The van der Waals surface area contributed by atoms with Crippen LogP contribution >= 0.6 is 0 Å². The van der Waals surface area contributed by atoms with Gasteiger partial charge in [-0.2, -0.15) is 0 Å². The molecule has 0 atom stereocenters. The first-order valence-electron chi connectivity index (χ1n) is 8.45. The SMILES string of the molecule is CCCc1ccc(NC(=O)N(C)c2cc(Cn3cnnn3)ccn2)cc1. The highest BCUT2D eigenvalue weighted by Crippen LogP contribution is 2.15. The smallest absolute Gasteiger partial charge is 0.308 e. The van der Waals surface area contributed by atoms with Crippen LogP contribution in [-0.4, -0.2) is 38.3 Å². The van der Waals surface area contributed by atoms with Crippen molar-refractivity contribution >= 4 is 17.5 Å². The Kier molecular flexibility index (Phi) is 5.52. The molecule has 3 rings (SSSR count). The van der Waals surface area contributed by atoms with Gasteiger partial charge in [0.1, 0.15) is 12.1 Å². The molecule has 0 saturated carbocycles. The average molecular weight is 351 g/mol. The third-order valence-electron chi connectivity index (χ3n) is 3.94. The van der Waals surface area contributed by atoms with Crippen LogP contribution in [0.4, 0.5) is 16.3 Å². The van der Waals surface area contributed by atoms with Crippen LogP contribution in [0.5, 0.6) is 0 Å². The summed E-state index contributed by atoms with van der Waals surface area (Å²) < 4.78 is 1.61. The summed E-state index contributed by atoms with van der Waals surface area (Å²) in [5.74, 6) is 0.552. The van der Waals surface area contributed by atoms with Crippen LogP contribution in [-0.2, 0) is 13.0 Å². The highest BCUT2D eigenvalue weighted by Gasteiger charge is 2.13. The van der Waals surface area contributed by atoms with Crippen molar-refractivity contribution in [2.75, 3.05) is 17.3 Å². The van der Waals surface area contributed by atoms with E-state index >= 15 is 0 Å². The number of hydrogen-bond acceptors (Lipinski definition) is 5. The molecule has 3 aromatic rings. The van der Waals surface area contributed by atoms with E-state index in [-0.39, 0.29) is 6.03 Å². The van der Waals surface area contributed by atoms with E-state index in [1.54, 1.807) is 24.3 Å². The number of rotatable bonds is 6. The molecule has 0 saturated heterocycles. The van der Waals surface area contributed by atoms with Crippen LogP contribution < -0.4 is 10.2 Å². The van der Waals surface area contributed by atoms with E-state index in [9.17, 15) is 4.79 Å². The lowest BCUT2D eigenvalue weighted by Crippen LogP contribution is -2.31. The maximum Gasteiger partial charge on any atom is 0.327 e. The fourth-order valence-corrected chi connectivity index (χ4v) is 2.54. The van der Waals surface area contributed by atoms with Gasteiger partial charge < -0.3 is 5.32 Å². The fourth-order valence-electron chi connectivity index (χ4n) is 2.54. The van der Waals surface area contributed by atoms with Gasteiger partial charge in [-0.3, -0.25) is 4.90 Å². The zero-order chi connectivity index (χ0) is 18.4. The van der Waals surface area contributed by atoms with Gasteiger partial charge in [0.25, 0.3) is 0 Å². The number of hydrogen-bond donors (Lipinski definition) is 1. The second kappa shape index (κ2) is 8.19. The molecule has 26 heavy (non-hydrogen) atoms. The minimum atomic E-state index is -0.250. The van der Waals surface area contributed by atoms with E-state index in [1.807, 2.05) is 36.4 Å². The number of aryl methyl sites for hydroxylation is 1. The number of carbonyl (C=O) groups is 1. The molecule has 0 fully saturated rings. The first-order chi connectivity index (χ1) is 12.7. The molecule has 0 radical (unpaired) electrons. The minimum absolute atomic E-state index is 0.250. The molecule has 1 N–H and O–H groups in total. The van der Waals surface area contributed by atoms with Gasteiger partial charge in [0.2, 0.25) is 0 Å². The lowest BCUT2D eigenvalue weighted by Gasteiger charge is -2.18. The number of pyridine rings is 1. The number of urea groups is 1. The molecule has 2 aromatic heterocycles. The third kappa shape index (κ3) is 4.41. The van der Waals surface area contributed by atoms with Crippen LogP contribution in [0.3, 0.4) is 0 Å². The molecule has 1 aromatic carbocycles. The monoisotopic (exact) mass is 351 g/mol. The van der Waals surface area contributed by atoms with E-state index in [1.165, 1.54) is 10.5 Å².